The van der Waals surface area contributed by atoms with E-state index in [1.54, 1.807) is 24.3 Å². The van der Waals surface area contributed by atoms with E-state index in [0.717, 1.165) is 25.4 Å². The fourth-order valence-electron chi connectivity index (χ4n) is 3.90. The Morgan fingerprint density at radius 2 is 1.50 bits per heavy atom. The van der Waals surface area contributed by atoms with Crippen molar-refractivity contribution in [2.45, 2.75) is 6.18 Å². The highest BCUT2D eigenvalue weighted by molar-refractivity contribution is 6.30. The van der Waals surface area contributed by atoms with E-state index in [1.165, 1.54) is 30.3 Å². The molecule has 0 bridgehead atoms. The van der Waals surface area contributed by atoms with E-state index in [1.807, 2.05) is 17.0 Å². The maximum absolute atomic E-state index is 13.1. The molecule has 0 spiro atoms. The summed E-state index contributed by atoms with van der Waals surface area (Å²) in [5.41, 5.74) is 1.36. The van der Waals surface area contributed by atoms with Gasteiger partial charge in [-0.2, -0.15) is 13.2 Å². The van der Waals surface area contributed by atoms with E-state index in [2.05, 4.69) is 10.2 Å². The molecule has 1 fully saturated rings. The highest BCUT2D eigenvalue weighted by Crippen LogP contribution is 2.26. The number of hydrogen-bond donors (Lipinski definition) is 3. The van der Waals surface area contributed by atoms with Gasteiger partial charge in [0.15, 0.2) is 0 Å². The molecule has 1 saturated heterocycles. The number of carbonyl (C=O) groups is 3. The SMILES string of the molecule is O=C(Nc1ccc(N2CCN(CCOc3ccc(Cl)cc3)CC2)c(C(=O)O)c1)c1ccc(F)cc1.O=C(O)C(F)(F)F. The van der Waals surface area contributed by atoms with Crippen LogP contribution in [0.3, 0.4) is 0 Å². The zero-order valence-corrected chi connectivity index (χ0v) is 22.7. The van der Waals surface area contributed by atoms with Crippen LogP contribution in [0.5, 0.6) is 5.75 Å². The molecule has 4 rings (SSSR count). The number of piperazine rings is 1. The van der Waals surface area contributed by atoms with Crippen LogP contribution in [-0.2, 0) is 4.79 Å². The van der Waals surface area contributed by atoms with Gasteiger partial charge in [0, 0.05) is 49.0 Å². The summed E-state index contributed by atoms with van der Waals surface area (Å²) in [6.07, 6.45) is -5.08. The number of carbonyl (C=O) groups excluding carboxylic acids is 1. The molecular formula is C28H26ClF4N3O6. The molecule has 3 aromatic carbocycles. The second kappa shape index (κ2) is 14.5. The minimum absolute atomic E-state index is 0.112. The highest BCUT2D eigenvalue weighted by Gasteiger charge is 2.38. The van der Waals surface area contributed by atoms with Gasteiger partial charge in [0.1, 0.15) is 18.2 Å². The van der Waals surface area contributed by atoms with Crippen LogP contribution in [-0.4, -0.2) is 78.5 Å². The van der Waals surface area contributed by atoms with Gasteiger partial charge < -0.3 is 25.2 Å². The number of hydrogen-bond acceptors (Lipinski definition) is 6. The molecule has 0 unspecified atom stereocenters. The predicted molar refractivity (Wildman–Crippen MR) is 147 cm³/mol. The van der Waals surface area contributed by atoms with Crippen LogP contribution in [0, 0.1) is 5.82 Å². The van der Waals surface area contributed by atoms with Gasteiger partial charge in [0.05, 0.1) is 11.3 Å². The van der Waals surface area contributed by atoms with Crippen molar-refractivity contribution in [3.8, 4) is 5.75 Å². The lowest BCUT2D eigenvalue weighted by Crippen LogP contribution is -2.47. The Labute approximate surface area is 242 Å². The Kier molecular flexibility index (Phi) is 11.1. The van der Waals surface area contributed by atoms with Crippen LogP contribution in [0.25, 0.3) is 0 Å². The maximum Gasteiger partial charge on any atom is 0.490 e. The van der Waals surface area contributed by atoms with Crippen LogP contribution in [0.1, 0.15) is 20.7 Å². The standard InChI is InChI=1S/C26H25ClFN3O4.C2HF3O2/c27-19-3-8-22(9-4-19)35-16-15-30-11-13-31(14-12-30)24-10-7-21(17-23(24)26(33)34)29-25(32)18-1-5-20(28)6-2-18;3-2(4,5)1(6)7/h1-10,17H,11-16H2,(H,29,32)(H,33,34);(H,6,7). The molecule has 0 radical (unpaired) electrons. The number of benzene rings is 3. The van der Waals surface area contributed by atoms with Gasteiger partial charge in [0.2, 0.25) is 0 Å². The lowest BCUT2D eigenvalue weighted by molar-refractivity contribution is -0.192. The number of halogens is 5. The van der Waals surface area contributed by atoms with E-state index < -0.39 is 29.8 Å². The van der Waals surface area contributed by atoms with Crippen molar-refractivity contribution in [3.05, 3.63) is 88.7 Å². The fourth-order valence-corrected chi connectivity index (χ4v) is 4.03. The molecule has 1 amide bonds. The van der Waals surface area contributed by atoms with E-state index in [0.29, 0.717) is 36.1 Å². The van der Waals surface area contributed by atoms with E-state index in [9.17, 15) is 32.3 Å². The summed E-state index contributed by atoms with van der Waals surface area (Å²) < 4.78 is 50.6. The van der Waals surface area contributed by atoms with Crippen LogP contribution in [0.4, 0.5) is 28.9 Å². The summed E-state index contributed by atoms with van der Waals surface area (Å²) in [5, 5.41) is 20.2. The molecule has 14 heteroatoms. The number of carboxylic acids is 2. The topological polar surface area (TPSA) is 119 Å². The third-order valence-electron chi connectivity index (χ3n) is 6.04. The number of aliphatic carboxylic acids is 1. The summed E-state index contributed by atoms with van der Waals surface area (Å²) in [6.45, 7) is 4.18. The van der Waals surface area contributed by atoms with Gasteiger partial charge in [-0.15, -0.1) is 0 Å². The number of nitrogens with zero attached hydrogens (tertiary/aromatic N) is 2. The number of anilines is 2. The Bertz CT molecular complexity index is 1380. The lowest BCUT2D eigenvalue weighted by Gasteiger charge is -2.36. The number of nitrogens with one attached hydrogen (secondary N) is 1. The molecule has 1 heterocycles. The Morgan fingerprint density at radius 1 is 0.905 bits per heavy atom. The van der Waals surface area contributed by atoms with Crippen molar-refractivity contribution in [3.63, 3.8) is 0 Å². The zero-order chi connectivity index (χ0) is 30.9. The summed E-state index contributed by atoms with van der Waals surface area (Å²) in [7, 11) is 0. The largest absolute Gasteiger partial charge is 0.492 e. The van der Waals surface area contributed by atoms with E-state index in [4.69, 9.17) is 26.2 Å². The molecule has 0 aliphatic carbocycles. The average Bonchev–Trinajstić information content (AvgIpc) is 2.94. The maximum atomic E-state index is 13.1. The molecule has 9 nitrogen and oxygen atoms in total. The van der Waals surface area contributed by atoms with Crippen molar-refractivity contribution in [1.29, 1.82) is 0 Å². The lowest BCUT2D eigenvalue weighted by atomic mass is 10.1. The first-order valence-electron chi connectivity index (χ1n) is 12.4. The number of ether oxygens (including phenoxy) is 1. The van der Waals surface area contributed by atoms with Crippen molar-refractivity contribution < 1.29 is 46.9 Å². The Morgan fingerprint density at radius 3 is 2.05 bits per heavy atom. The Hall–Kier alpha value is -4.36. The monoisotopic (exact) mass is 611 g/mol. The minimum Gasteiger partial charge on any atom is -0.492 e. The summed E-state index contributed by atoms with van der Waals surface area (Å²) in [6, 6.07) is 17.2. The summed E-state index contributed by atoms with van der Waals surface area (Å²) in [4.78, 5) is 37.6. The molecule has 224 valence electrons. The predicted octanol–water partition coefficient (Wildman–Crippen LogP) is 5.26. The molecule has 42 heavy (non-hydrogen) atoms. The van der Waals surface area contributed by atoms with Gasteiger partial charge in [-0.25, -0.2) is 14.0 Å². The van der Waals surface area contributed by atoms with Gasteiger partial charge in [-0.1, -0.05) is 11.6 Å². The van der Waals surface area contributed by atoms with Crippen molar-refractivity contribution in [1.82, 2.24) is 4.90 Å². The number of alkyl halides is 3. The first-order chi connectivity index (χ1) is 19.8. The second-order valence-corrected chi connectivity index (χ2v) is 9.37. The molecule has 3 N–H and O–H groups in total. The molecule has 0 saturated carbocycles. The normalized spacial score (nSPS) is 13.5. The van der Waals surface area contributed by atoms with E-state index >= 15 is 0 Å². The second-order valence-electron chi connectivity index (χ2n) is 8.93. The van der Waals surface area contributed by atoms with Crippen LogP contribution < -0.4 is 15.0 Å². The van der Waals surface area contributed by atoms with Crippen molar-refractivity contribution in [2.75, 3.05) is 49.5 Å². The third-order valence-corrected chi connectivity index (χ3v) is 6.29. The van der Waals surface area contributed by atoms with Gasteiger partial charge in [-0.05, 0) is 66.7 Å². The minimum atomic E-state index is -5.08. The summed E-state index contributed by atoms with van der Waals surface area (Å²) >= 11 is 5.89. The van der Waals surface area contributed by atoms with Gasteiger partial charge in [0.25, 0.3) is 5.91 Å². The van der Waals surface area contributed by atoms with Crippen LogP contribution in [0.15, 0.2) is 66.7 Å². The highest BCUT2D eigenvalue weighted by atomic mass is 35.5. The Balaban J connectivity index is 0.000000616. The number of rotatable bonds is 8. The molecule has 0 aromatic heterocycles. The molecule has 3 aromatic rings. The number of aromatic carboxylic acids is 1. The van der Waals surface area contributed by atoms with Crippen molar-refractivity contribution >= 4 is 40.8 Å². The first-order valence-corrected chi connectivity index (χ1v) is 12.8. The molecule has 0 atom stereocenters. The van der Waals surface area contributed by atoms with Crippen LogP contribution >= 0.6 is 11.6 Å². The number of amides is 1. The van der Waals surface area contributed by atoms with Gasteiger partial charge in [-0.3, -0.25) is 9.69 Å². The quantitative estimate of drug-likeness (QED) is 0.295. The van der Waals surface area contributed by atoms with E-state index in [-0.39, 0.29) is 11.1 Å². The molecule has 1 aliphatic rings. The average molecular weight is 612 g/mol. The van der Waals surface area contributed by atoms with Crippen molar-refractivity contribution in [2.24, 2.45) is 0 Å². The first kappa shape index (κ1) is 32.2. The number of carboxylic acid groups (broad SMARTS) is 2. The summed E-state index contributed by atoms with van der Waals surface area (Å²) in [5.74, 6) is -3.94. The zero-order valence-electron chi connectivity index (χ0n) is 21.9. The van der Waals surface area contributed by atoms with Crippen LogP contribution in [0.2, 0.25) is 5.02 Å². The third kappa shape index (κ3) is 9.63. The molecule has 1 aliphatic heterocycles. The fraction of sp³-hybridized carbons (Fsp3) is 0.250. The smallest absolute Gasteiger partial charge is 0.490 e. The van der Waals surface area contributed by atoms with Gasteiger partial charge >= 0.3 is 18.1 Å². The molecular weight excluding hydrogens is 586 g/mol.